The number of carbonyl (C=O) groups is 1. The Kier molecular flexibility index (Phi) is 5.01. The van der Waals surface area contributed by atoms with E-state index in [4.69, 9.17) is 4.74 Å². The Labute approximate surface area is 91.4 Å². The highest BCUT2D eigenvalue weighted by molar-refractivity contribution is 5.75. The zero-order valence-corrected chi connectivity index (χ0v) is 9.82. The van der Waals surface area contributed by atoms with Crippen molar-refractivity contribution in [3.63, 3.8) is 0 Å². The standard InChI is InChI=1S/C10H21N3O2/c1-11-9(10(14)15-3)8-13-6-4-12(2)5-7-13/h9,11H,4-8H2,1-3H3. The van der Waals surface area contributed by atoms with Crippen molar-refractivity contribution >= 4 is 5.97 Å². The van der Waals surface area contributed by atoms with Gasteiger partial charge >= 0.3 is 5.97 Å². The number of hydrogen-bond acceptors (Lipinski definition) is 5. The van der Waals surface area contributed by atoms with Crippen LogP contribution in [0.1, 0.15) is 0 Å². The van der Waals surface area contributed by atoms with Crippen LogP contribution in [0.2, 0.25) is 0 Å². The third-order valence-electron chi connectivity index (χ3n) is 2.87. The lowest BCUT2D eigenvalue weighted by molar-refractivity contribution is -0.143. The molecule has 1 unspecified atom stereocenters. The number of piperazine rings is 1. The molecule has 0 aromatic carbocycles. The van der Waals surface area contributed by atoms with E-state index >= 15 is 0 Å². The van der Waals surface area contributed by atoms with E-state index in [0.29, 0.717) is 0 Å². The first kappa shape index (κ1) is 12.4. The van der Waals surface area contributed by atoms with Crippen molar-refractivity contribution in [3.8, 4) is 0 Å². The van der Waals surface area contributed by atoms with Gasteiger partial charge in [-0.05, 0) is 14.1 Å². The Morgan fingerprint density at radius 1 is 1.40 bits per heavy atom. The zero-order chi connectivity index (χ0) is 11.3. The number of ether oxygens (including phenoxy) is 1. The summed E-state index contributed by atoms with van der Waals surface area (Å²) in [6, 6.07) is -0.210. The molecule has 1 fully saturated rings. The van der Waals surface area contributed by atoms with E-state index in [1.54, 1.807) is 7.05 Å². The summed E-state index contributed by atoms with van der Waals surface area (Å²) in [6.45, 7) is 4.91. The summed E-state index contributed by atoms with van der Waals surface area (Å²) >= 11 is 0. The summed E-state index contributed by atoms with van der Waals surface area (Å²) in [5.74, 6) is -0.184. The zero-order valence-electron chi connectivity index (χ0n) is 9.82. The van der Waals surface area contributed by atoms with Gasteiger partial charge < -0.3 is 15.0 Å². The average Bonchev–Trinajstić information content (AvgIpc) is 2.27. The Hall–Kier alpha value is -0.650. The van der Waals surface area contributed by atoms with Gasteiger partial charge in [0.2, 0.25) is 0 Å². The van der Waals surface area contributed by atoms with Gasteiger partial charge in [-0.1, -0.05) is 0 Å². The molecule has 0 aliphatic carbocycles. The molecule has 1 saturated heterocycles. The molecule has 1 aliphatic rings. The second kappa shape index (κ2) is 6.05. The van der Waals surface area contributed by atoms with Crippen molar-refractivity contribution in [3.05, 3.63) is 0 Å². The fourth-order valence-corrected chi connectivity index (χ4v) is 1.71. The summed E-state index contributed by atoms with van der Waals surface area (Å²) in [7, 11) is 5.33. The maximum atomic E-state index is 11.4. The van der Waals surface area contributed by atoms with E-state index in [0.717, 1.165) is 32.7 Å². The number of carbonyl (C=O) groups excluding carboxylic acids is 1. The van der Waals surface area contributed by atoms with Crippen molar-refractivity contribution in [2.45, 2.75) is 6.04 Å². The van der Waals surface area contributed by atoms with Gasteiger partial charge in [0.05, 0.1) is 7.11 Å². The number of methoxy groups -OCH3 is 1. The Morgan fingerprint density at radius 2 is 2.00 bits per heavy atom. The highest BCUT2D eigenvalue weighted by atomic mass is 16.5. The van der Waals surface area contributed by atoms with Gasteiger partial charge in [0, 0.05) is 32.7 Å². The van der Waals surface area contributed by atoms with E-state index in [-0.39, 0.29) is 12.0 Å². The van der Waals surface area contributed by atoms with Crippen LogP contribution in [-0.4, -0.2) is 75.7 Å². The first-order valence-electron chi connectivity index (χ1n) is 5.33. The number of esters is 1. The van der Waals surface area contributed by atoms with E-state index < -0.39 is 0 Å². The molecule has 0 radical (unpaired) electrons. The first-order valence-corrected chi connectivity index (χ1v) is 5.33. The van der Waals surface area contributed by atoms with Crippen molar-refractivity contribution in [2.75, 3.05) is 53.9 Å². The SMILES string of the molecule is CNC(CN1CCN(C)CC1)C(=O)OC. The molecule has 0 aromatic rings. The minimum atomic E-state index is -0.210. The molecule has 1 heterocycles. The molecule has 5 nitrogen and oxygen atoms in total. The van der Waals surface area contributed by atoms with Crippen LogP contribution < -0.4 is 5.32 Å². The van der Waals surface area contributed by atoms with Gasteiger partial charge in [-0.15, -0.1) is 0 Å². The van der Waals surface area contributed by atoms with E-state index in [1.165, 1.54) is 7.11 Å². The summed E-state index contributed by atoms with van der Waals surface area (Å²) in [6.07, 6.45) is 0. The van der Waals surface area contributed by atoms with Crippen LogP contribution in [0.3, 0.4) is 0 Å². The number of nitrogens with one attached hydrogen (secondary N) is 1. The Bertz CT molecular complexity index is 203. The molecule has 0 amide bonds. The molecular weight excluding hydrogens is 194 g/mol. The molecule has 15 heavy (non-hydrogen) atoms. The quantitative estimate of drug-likeness (QED) is 0.609. The molecule has 1 N–H and O–H groups in total. The number of nitrogens with zero attached hydrogens (tertiary/aromatic N) is 2. The summed E-state index contributed by atoms with van der Waals surface area (Å²) in [5.41, 5.74) is 0. The molecule has 1 rings (SSSR count). The van der Waals surface area contributed by atoms with Crippen LogP contribution in [0, 0.1) is 0 Å². The third-order valence-corrected chi connectivity index (χ3v) is 2.87. The fraction of sp³-hybridized carbons (Fsp3) is 0.900. The van der Waals surface area contributed by atoms with Gasteiger partial charge in [-0.3, -0.25) is 9.69 Å². The second-order valence-electron chi connectivity index (χ2n) is 3.97. The predicted molar refractivity (Wildman–Crippen MR) is 58.8 cm³/mol. The molecule has 0 spiro atoms. The topological polar surface area (TPSA) is 44.8 Å². The van der Waals surface area contributed by atoms with Crippen molar-refractivity contribution < 1.29 is 9.53 Å². The number of likely N-dealkylation sites (N-methyl/N-ethyl adjacent to an activating group) is 2. The fourth-order valence-electron chi connectivity index (χ4n) is 1.71. The van der Waals surface area contributed by atoms with Crippen LogP contribution in [0.15, 0.2) is 0 Å². The van der Waals surface area contributed by atoms with E-state index in [2.05, 4.69) is 22.2 Å². The van der Waals surface area contributed by atoms with Gasteiger partial charge in [0.15, 0.2) is 0 Å². The number of rotatable bonds is 4. The normalized spacial score (nSPS) is 21.3. The first-order chi connectivity index (χ1) is 7.17. The molecule has 0 bridgehead atoms. The lowest BCUT2D eigenvalue weighted by Gasteiger charge is -2.33. The van der Waals surface area contributed by atoms with Crippen LogP contribution in [0.25, 0.3) is 0 Å². The molecule has 5 heteroatoms. The van der Waals surface area contributed by atoms with Crippen LogP contribution in [0.4, 0.5) is 0 Å². The largest absolute Gasteiger partial charge is 0.468 e. The summed E-state index contributed by atoms with van der Waals surface area (Å²) < 4.78 is 4.73. The molecule has 1 aliphatic heterocycles. The molecule has 0 saturated carbocycles. The van der Waals surface area contributed by atoms with Gasteiger partial charge in [0.25, 0.3) is 0 Å². The van der Waals surface area contributed by atoms with Crippen LogP contribution in [0.5, 0.6) is 0 Å². The highest BCUT2D eigenvalue weighted by Crippen LogP contribution is 2.01. The minimum Gasteiger partial charge on any atom is -0.468 e. The lowest BCUT2D eigenvalue weighted by Crippen LogP contribution is -2.51. The third kappa shape index (κ3) is 3.77. The average molecular weight is 215 g/mol. The molecule has 0 aromatic heterocycles. The second-order valence-corrected chi connectivity index (χ2v) is 3.97. The smallest absolute Gasteiger partial charge is 0.324 e. The Balaban J connectivity index is 2.35. The molecule has 88 valence electrons. The number of hydrogen-bond donors (Lipinski definition) is 1. The van der Waals surface area contributed by atoms with E-state index in [9.17, 15) is 4.79 Å². The summed E-state index contributed by atoms with van der Waals surface area (Å²) in [5, 5.41) is 2.98. The summed E-state index contributed by atoms with van der Waals surface area (Å²) in [4.78, 5) is 15.9. The van der Waals surface area contributed by atoms with Crippen molar-refractivity contribution in [1.82, 2.24) is 15.1 Å². The van der Waals surface area contributed by atoms with Gasteiger partial charge in [-0.25, -0.2) is 0 Å². The Morgan fingerprint density at radius 3 is 2.47 bits per heavy atom. The molecular formula is C10H21N3O2. The van der Waals surface area contributed by atoms with Gasteiger partial charge in [-0.2, -0.15) is 0 Å². The van der Waals surface area contributed by atoms with E-state index in [1.807, 2.05) is 0 Å². The monoisotopic (exact) mass is 215 g/mol. The minimum absolute atomic E-state index is 0.184. The van der Waals surface area contributed by atoms with Crippen LogP contribution >= 0.6 is 0 Å². The maximum absolute atomic E-state index is 11.4. The lowest BCUT2D eigenvalue weighted by atomic mass is 10.2. The van der Waals surface area contributed by atoms with Crippen molar-refractivity contribution in [1.29, 1.82) is 0 Å². The van der Waals surface area contributed by atoms with Gasteiger partial charge in [0.1, 0.15) is 6.04 Å². The maximum Gasteiger partial charge on any atom is 0.324 e. The highest BCUT2D eigenvalue weighted by Gasteiger charge is 2.22. The van der Waals surface area contributed by atoms with Crippen molar-refractivity contribution in [2.24, 2.45) is 0 Å². The molecule has 1 atom stereocenters. The predicted octanol–water partition coefficient (Wildman–Crippen LogP) is -1.01. The van der Waals surface area contributed by atoms with Crippen LogP contribution in [-0.2, 0) is 9.53 Å².